The van der Waals surface area contributed by atoms with Crippen LogP contribution in [-0.2, 0) is 0 Å². The number of likely N-dealkylation sites (N-methyl/N-ethyl adjacent to an activating group) is 1. The van der Waals surface area contributed by atoms with Gasteiger partial charge in [0.2, 0.25) is 0 Å². The number of nitrogens with one attached hydrogen (secondary N) is 2. The molecule has 0 radical (unpaired) electrons. The molecule has 0 saturated carbocycles. The van der Waals surface area contributed by atoms with Crippen molar-refractivity contribution >= 4 is 29.9 Å². The fraction of sp³-hybridized carbons (Fsp3) is 0.650. The van der Waals surface area contributed by atoms with Crippen LogP contribution in [0.4, 0.5) is 0 Å². The van der Waals surface area contributed by atoms with E-state index in [0.717, 1.165) is 31.3 Å². The van der Waals surface area contributed by atoms with Gasteiger partial charge in [-0.15, -0.1) is 24.0 Å². The van der Waals surface area contributed by atoms with E-state index in [2.05, 4.69) is 51.7 Å². The zero-order valence-electron chi connectivity index (χ0n) is 17.2. The van der Waals surface area contributed by atoms with E-state index in [4.69, 9.17) is 4.74 Å². The van der Waals surface area contributed by atoms with E-state index < -0.39 is 0 Å². The summed E-state index contributed by atoms with van der Waals surface area (Å²) >= 11 is 0. The van der Waals surface area contributed by atoms with Crippen molar-refractivity contribution in [2.24, 2.45) is 4.99 Å². The van der Waals surface area contributed by atoms with Crippen molar-refractivity contribution in [3.05, 3.63) is 29.8 Å². The predicted molar refractivity (Wildman–Crippen MR) is 124 cm³/mol. The summed E-state index contributed by atoms with van der Waals surface area (Å²) in [7, 11) is 7.72. The van der Waals surface area contributed by atoms with Gasteiger partial charge in [0.25, 0.3) is 0 Å². The second-order valence-corrected chi connectivity index (χ2v) is 7.00. The lowest BCUT2D eigenvalue weighted by Gasteiger charge is -2.28. The Hall–Kier alpha value is -1.06. The van der Waals surface area contributed by atoms with Gasteiger partial charge in [-0.1, -0.05) is 24.6 Å². The van der Waals surface area contributed by atoms with E-state index in [0.29, 0.717) is 0 Å². The Morgan fingerprint density at radius 2 is 1.89 bits per heavy atom. The minimum atomic E-state index is 0. The zero-order valence-corrected chi connectivity index (χ0v) is 19.5. The summed E-state index contributed by atoms with van der Waals surface area (Å²) in [5.41, 5.74) is 1.18. The number of piperidine rings is 1. The van der Waals surface area contributed by atoms with Crippen LogP contribution in [-0.4, -0.2) is 76.7 Å². The summed E-state index contributed by atoms with van der Waals surface area (Å²) < 4.78 is 5.54. The topological polar surface area (TPSA) is 52.1 Å². The van der Waals surface area contributed by atoms with Gasteiger partial charge in [-0.05, 0) is 46.1 Å². The molecular formula is C20H36IN5O. The van der Waals surface area contributed by atoms with Gasteiger partial charge < -0.3 is 25.2 Å². The van der Waals surface area contributed by atoms with Crippen molar-refractivity contribution in [3.8, 4) is 5.75 Å². The van der Waals surface area contributed by atoms with E-state index in [1.807, 2.05) is 19.2 Å². The Morgan fingerprint density at radius 3 is 2.52 bits per heavy atom. The Bertz CT molecular complexity index is 561. The molecule has 7 heteroatoms. The number of hydrogen-bond donors (Lipinski definition) is 2. The number of likely N-dealkylation sites (tertiary alicyclic amines) is 1. The third-order valence-electron chi connectivity index (χ3n) is 4.98. The minimum Gasteiger partial charge on any atom is -0.496 e. The number of rotatable bonds is 8. The molecule has 0 aromatic heterocycles. The molecule has 1 aromatic carbocycles. The van der Waals surface area contributed by atoms with Crippen molar-refractivity contribution in [1.82, 2.24) is 20.4 Å². The van der Waals surface area contributed by atoms with E-state index in [1.54, 1.807) is 7.11 Å². The highest BCUT2D eigenvalue weighted by molar-refractivity contribution is 14.0. The first kappa shape index (κ1) is 24.0. The molecule has 2 N–H and O–H groups in total. The van der Waals surface area contributed by atoms with Gasteiger partial charge in [-0.3, -0.25) is 4.99 Å². The molecule has 6 nitrogen and oxygen atoms in total. The first-order chi connectivity index (χ1) is 12.7. The van der Waals surface area contributed by atoms with Gasteiger partial charge in [0.05, 0.1) is 13.2 Å². The molecule has 27 heavy (non-hydrogen) atoms. The quantitative estimate of drug-likeness (QED) is 0.334. The number of guanidine groups is 1. The van der Waals surface area contributed by atoms with E-state index in [-0.39, 0.29) is 30.0 Å². The standard InChI is InChI=1S/C20H35N5O.HI/c1-21-20(22-12-15-25-13-8-5-9-14-25)23-16-18(24(2)3)17-10-6-7-11-19(17)26-4;/h6-7,10-11,18H,5,8-9,12-16H2,1-4H3,(H2,21,22,23);1H. The third kappa shape index (κ3) is 7.83. The van der Waals surface area contributed by atoms with Crippen LogP contribution >= 0.6 is 24.0 Å². The molecule has 0 amide bonds. The molecule has 1 aliphatic heterocycles. The summed E-state index contributed by atoms with van der Waals surface area (Å²) in [6.07, 6.45) is 4.04. The fourth-order valence-corrected chi connectivity index (χ4v) is 3.44. The first-order valence-corrected chi connectivity index (χ1v) is 9.62. The molecule has 0 spiro atoms. The number of para-hydroxylation sites is 1. The smallest absolute Gasteiger partial charge is 0.191 e. The summed E-state index contributed by atoms with van der Waals surface area (Å²) in [6.45, 7) is 5.20. The van der Waals surface area contributed by atoms with Gasteiger partial charge in [0.1, 0.15) is 5.75 Å². The van der Waals surface area contributed by atoms with Crippen molar-refractivity contribution in [2.45, 2.75) is 25.3 Å². The highest BCUT2D eigenvalue weighted by Crippen LogP contribution is 2.27. The molecule has 1 aromatic rings. The number of hydrogen-bond acceptors (Lipinski definition) is 4. The maximum absolute atomic E-state index is 5.54. The highest BCUT2D eigenvalue weighted by Gasteiger charge is 2.18. The normalized spacial score (nSPS) is 16.6. The molecule has 1 unspecified atom stereocenters. The van der Waals surface area contributed by atoms with Crippen LogP contribution in [0.25, 0.3) is 0 Å². The molecule has 0 aliphatic carbocycles. The van der Waals surface area contributed by atoms with Crippen LogP contribution < -0.4 is 15.4 Å². The van der Waals surface area contributed by atoms with Crippen LogP contribution in [0.1, 0.15) is 30.9 Å². The molecule has 154 valence electrons. The number of methoxy groups -OCH3 is 1. The largest absolute Gasteiger partial charge is 0.496 e. The summed E-state index contributed by atoms with van der Waals surface area (Å²) in [5, 5.41) is 6.90. The number of aliphatic imine (C=N–C) groups is 1. The minimum absolute atomic E-state index is 0. The molecule has 1 saturated heterocycles. The van der Waals surface area contributed by atoms with Gasteiger partial charge in [0, 0.05) is 32.2 Å². The highest BCUT2D eigenvalue weighted by atomic mass is 127. The zero-order chi connectivity index (χ0) is 18.8. The van der Waals surface area contributed by atoms with Crippen molar-refractivity contribution in [3.63, 3.8) is 0 Å². The van der Waals surface area contributed by atoms with Gasteiger partial charge in [0.15, 0.2) is 5.96 Å². The number of ether oxygens (including phenoxy) is 1. The van der Waals surface area contributed by atoms with Crippen LogP contribution in [0.5, 0.6) is 5.75 Å². The van der Waals surface area contributed by atoms with Crippen LogP contribution in [0.15, 0.2) is 29.3 Å². The molecule has 0 bridgehead atoms. The summed E-state index contributed by atoms with van der Waals surface area (Å²) in [5.74, 6) is 1.77. The first-order valence-electron chi connectivity index (χ1n) is 9.62. The SMILES string of the molecule is CN=C(NCCN1CCCCC1)NCC(c1ccccc1OC)N(C)C.I. The molecule has 1 atom stereocenters. The lowest BCUT2D eigenvalue weighted by atomic mass is 10.0. The average Bonchev–Trinajstić information content (AvgIpc) is 2.67. The maximum atomic E-state index is 5.54. The van der Waals surface area contributed by atoms with Gasteiger partial charge in [-0.25, -0.2) is 0 Å². The number of halogens is 1. The second kappa shape index (κ2) is 13.2. The van der Waals surface area contributed by atoms with E-state index in [9.17, 15) is 0 Å². The molecule has 1 fully saturated rings. The lowest BCUT2D eigenvalue weighted by Crippen LogP contribution is -2.44. The Morgan fingerprint density at radius 1 is 1.19 bits per heavy atom. The lowest BCUT2D eigenvalue weighted by molar-refractivity contribution is 0.232. The van der Waals surface area contributed by atoms with Crippen LogP contribution in [0.3, 0.4) is 0 Å². The molecular weight excluding hydrogens is 453 g/mol. The molecule has 2 rings (SSSR count). The van der Waals surface area contributed by atoms with Crippen LogP contribution in [0.2, 0.25) is 0 Å². The Kier molecular flexibility index (Phi) is 11.7. The number of nitrogens with zero attached hydrogens (tertiary/aromatic N) is 3. The number of benzene rings is 1. The van der Waals surface area contributed by atoms with Crippen molar-refractivity contribution in [2.75, 3.05) is 61.0 Å². The average molecular weight is 489 g/mol. The molecule has 1 heterocycles. The van der Waals surface area contributed by atoms with Crippen LogP contribution in [0, 0.1) is 0 Å². The predicted octanol–water partition coefficient (Wildman–Crippen LogP) is 2.57. The summed E-state index contributed by atoms with van der Waals surface area (Å²) in [6, 6.07) is 8.39. The van der Waals surface area contributed by atoms with Gasteiger partial charge in [-0.2, -0.15) is 0 Å². The Labute approximate surface area is 181 Å². The van der Waals surface area contributed by atoms with E-state index >= 15 is 0 Å². The Balaban J connectivity index is 0.00000364. The van der Waals surface area contributed by atoms with Gasteiger partial charge >= 0.3 is 0 Å². The third-order valence-corrected chi connectivity index (χ3v) is 4.98. The monoisotopic (exact) mass is 489 g/mol. The maximum Gasteiger partial charge on any atom is 0.191 e. The second-order valence-electron chi connectivity index (χ2n) is 7.00. The van der Waals surface area contributed by atoms with E-state index in [1.165, 1.54) is 37.9 Å². The molecule has 1 aliphatic rings. The summed E-state index contributed by atoms with van der Waals surface area (Å²) in [4.78, 5) is 9.09. The fourth-order valence-electron chi connectivity index (χ4n) is 3.44. The van der Waals surface area contributed by atoms with Crippen molar-refractivity contribution in [1.29, 1.82) is 0 Å². The van der Waals surface area contributed by atoms with Crippen molar-refractivity contribution < 1.29 is 4.74 Å².